The van der Waals surface area contributed by atoms with Crippen LogP contribution in [0.1, 0.15) is 51.7 Å². The summed E-state index contributed by atoms with van der Waals surface area (Å²) in [6.45, 7) is 5.21. The number of aromatic nitrogens is 1. The third-order valence-corrected chi connectivity index (χ3v) is 4.86. The predicted octanol–water partition coefficient (Wildman–Crippen LogP) is 4.41. The Bertz CT molecular complexity index is 837. The Labute approximate surface area is 176 Å². The third kappa shape index (κ3) is 6.81. The van der Waals surface area contributed by atoms with Gasteiger partial charge in [0.15, 0.2) is 5.69 Å². The molecule has 2 rings (SSSR count). The summed E-state index contributed by atoms with van der Waals surface area (Å²) in [6.07, 6.45) is -3.92. The lowest BCUT2D eigenvalue weighted by Crippen LogP contribution is -2.32. The van der Waals surface area contributed by atoms with E-state index in [1.807, 2.05) is 6.92 Å². The monoisotopic (exact) mass is 444 g/mol. The summed E-state index contributed by atoms with van der Waals surface area (Å²) in [5, 5.41) is 2.07. The lowest BCUT2D eigenvalue weighted by atomic mass is 10.1. The van der Waals surface area contributed by atoms with E-state index in [2.05, 4.69) is 4.98 Å². The van der Waals surface area contributed by atoms with Gasteiger partial charge in [0.25, 0.3) is 5.91 Å². The second kappa shape index (κ2) is 11.1. The second-order valence-corrected chi connectivity index (χ2v) is 7.14. The molecule has 10 heteroatoms. The minimum atomic E-state index is -4.47. The first-order chi connectivity index (χ1) is 14.3. The second-order valence-electron chi connectivity index (χ2n) is 6.20. The van der Waals surface area contributed by atoms with Gasteiger partial charge in [-0.1, -0.05) is 0 Å². The van der Waals surface area contributed by atoms with Gasteiger partial charge in [0.1, 0.15) is 5.01 Å². The van der Waals surface area contributed by atoms with Crippen molar-refractivity contribution in [3.05, 3.63) is 51.5 Å². The number of benzene rings is 1. The average molecular weight is 444 g/mol. The van der Waals surface area contributed by atoms with E-state index in [0.29, 0.717) is 31.2 Å². The van der Waals surface area contributed by atoms with E-state index >= 15 is 0 Å². The van der Waals surface area contributed by atoms with E-state index in [-0.39, 0.29) is 24.4 Å². The van der Waals surface area contributed by atoms with Crippen LogP contribution >= 0.6 is 11.3 Å². The zero-order valence-electron chi connectivity index (χ0n) is 16.7. The van der Waals surface area contributed by atoms with Gasteiger partial charge >= 0.3 is 12.1 Å². The van der Waals surface area contributed by atoms with E-state index in [1.54, 1.807) is 12.3 Å². The van der Waals surface area contributed by atoms with Gasteiger partial charge < -0.3 is 14.4 Å². The van der Waals surface area contributed by atoms with Gasteiger partial charge in [-0.25, -0.2) is 9.78 Å². The summed E-state index contributed by atoms with van der Waals surface area (Å²) < 4.78 is 48.5. The van der Waals surface area contributed by atoms with Crippen molar-refractivity contribution in [2.24, 2.45) is 0 Å². The molecular weight excluding hydrogens is 421 g/mol. The summed E-state index contributed by atoms with van der Waals surface area (Å²) in [7, 11) is 0. The summed E-state index contributed by atoms with van der Waals surface area (Å²) in [5.74, 6) is -0.968. The van der Waals surface area contributed by atoms with Crippen LogP contribution in [0.2, 0.25) is 0 Å². The van der Waals surface area contributed by atoms with Gasteiger partial charge in [-0.3, -0.25) is 4.79 Å². The standard InChI is InChI=1S/C20H23F3N2O4S/c1-3-28-11-5-10-25(12-17-24-16(13-30-17)19(27)29-4-2)18(26)14-6-8-15(9-7-14)20(21,22)23/h6-9,13H,3-5,10-12H2,1-2H3. The number of carbonyl (C=O) groups excluding carboxylic acids is 2. The largest absolute Gasteiger partial charge is 0.461 e. The van der Waals surface area contributed by atoms with Crippen LogP contribution in [0.5, 0.6) is 0 Å². The summed E-state index contributed by atoms with van der Waals surface area (Å²) in [5.41, 5.74) is -0.518. The molecule has 0 fully saturated rings. The Morgan fingerprint density at radius 3 is 2.43 bits per heavy atom. The fraction of sp³-hybridized carbons (Fsp3) is 0.450. The van der Waals surface area contributed by atoms with Crippen molar-refractivity contribution in [1.82, 2.24) is 9.88 Å². The highest BCUT2D eigenvalue weighted by molar-refractivity contribution is 7.09. The number of amides is 1. The maximum Gasteiger partial charge on any atom is 0.416 e. The number of ether oxygens (including phenoxy) is 2. The highest BCUT2D eigenvalue weighted by Gasteiger charge is 2.30. The molecule has 0 spiro atoms. The Kier molecular flexibility index (Phi) is 8.79. The molecule has 0 aliphatic rings. The molecule has 0 saturated carbocycles. The van der Waals surface area contributed by atoms with Crippen molar-refractivity contribution >= 4 is 23.2 Å². The molecule has 6 nitrogen and oxygen atoms in total. The number of esters is 1. The molecule has 30 heavy (non-hydrogen) atoms. The molecule has 1 aromatic heterocycles. The van der Waals surface area contributed by atoms with E-state index in [9.17, 15) is 22.8 Å². The topological polar surface area (TPSA) is 68.7 Å². The fourth-order valence-electron chi connectivity index (χ4n) is 2.58. The van der Waals surface area contributed by atoms with E-state index in [1.165, 1.54) is 16.2 Å². The van der Waals surface area contributed by atoms with Crippen molar-refractivity contribution < 1.29 is 32.2 Å². The third-order valence-electron chi connectivity index (χ3n) is 4.03. The first kappa shape index (κ1) is 23.8. The van der Waals surface area contributed by atoms with Crippen LogP contribution in [0.25, 0.3) is 0 Å². The summed E-state index contributed by atoms with van der Waals surface area (Å²) in [6, 6.07) is 4.08. The molecule has 2 aromatic rings. The molecule has 0 atom stereocenters. The van der Waals surface area contributed by atoms with Gasteiger partial charge in [-0.05, 0) is 44.5 Å². The fourth-order valence-corrected chi connectivity index (χ4v) is 3.36. The number of hydrogen-bond donors (Lipinski definition) is 0. The molecule has 0 saturated heterocycles. The highest BCUT2D eigenvalue weighted by atomic mass is 32.1. The van der Waals surface area contributed by atoms with E-state index in [4.69, 9.17) is 9.47 Å². The number of carbonyl (C=O) groups is 2. The maximum absolute atomic E-state index is 12.9. The zero-order chi connectivity index (χ0) is 22.1. The maximum atomic E-state index is 12.9. The van der Waals surface area contributed by atoms with Gasteiger partial charge in [0.05, 0.1) is 18.7 Å². The molecule has 0 bridgehead atoms. The first-order valence-electron chi connectivity index (χ1n) is 9.42. The van der Waals surface area contributed by atoms with Crippen LogP contribution in [0.15, 0.2) is 29.6 Å². The summed E-state index contributed by atoms with van der Waals surface area (Å²) >= 11 is 1.21. The molecule has 0 aliphatic carbocycles. The van der Waals surface area contributed by atoms with Crippen LogP contribution < -0.4 is 0 Å². The number of nitrogens with zero attached hydrogens (tertiary/aromatic N) is 2. The molecule has 0 radical (unpaired) electrons. The normalized spacial score (nSPS) is 11.4. The van der Waals surface area contributed by atoms with Crippen molar-refractivity contribution in [1.29, 1.82) is 0 Å². The molecular formula is C20H23F3N2O4S. The van der Waals surface area contributed by atoms with Gasteiger partial charge in [0, 0.05) is 30.7 Å². The number of thiazole rings is 1. The smallest absolute Gasteiger partial charge is 0.416 e. The van der Waals surface area contributed by atoms with Crippen molar-refractivity contribution in [3.8, 4) is 0 Å². The lowest BCUT2D eigenvalue weighted by Gasteiger charge is -2.22. The van der Waals surface area contributed by atoms with Crippen LogP contribution in [0.4, 0.5) is 13.2 Å². The number of hydrogen-bond acceptors (Lipinski definition) is 6. The minimum Gasteiger partial charge on any atom is -0.461 e. The Morgan fingerprint density at radius 1 is 1.13 bits per heavy atom. The zero-order valence-corrected chi connectivity index (χ0v) is 17.5. The summed E-state index contributed by atoms with van der Waals surface area (Å²) in [4.78, 5) is 30.4. The van der Waals surface area contributed by atoms with Gasteiger partial charge in [-0.15, -0.1) is 11.3 Å². The van der Waals surface area contributed by atoms with Crippen LogP contribution in [-0.2, 0) is 22.2 Å². The van der Waals surface area contributed by atoms with Crippen molar-refractivity contribution in [3.63, 3.8) is 0 Å². The van der Waals surface area contributed by atoms with E-state index in [0.717, 1.165) is 24.3 Å². The Morgan fingerprint density at radius 2 is 1.83 bits per heavy atom. The first-order valence-corrected chi connectivity index (χ1v) is 10.3. The van der Waals surface area contributed by atoms with E-state index < -0.39 is 23.6 Å². The van der Waals surface area contributed by atoms with Gasteiger partial charge in [-0.2, -0.15) is 13.2 Å². The van der Waals surface area contributed by atoms with Gasteiger partial charge in [0.2, 0.25) is 0 Å². The molecule has 0 aliphatic heterocycles. The van der Waals surface area contributed by atoms with Crippen molar-refractivity contribution in [2.45, 2.75) is 33.0 Å². The quantitative estimate of drug-likeness (QED) is 0.401. The molecule has 0 unspecified atom stereocenters. The number of halogens is 3. The SMILES string of the molecule is CCOCCCN(Cc1nc(C(=O)OCC)cs1)C(=O)c1ccc(C(F)(F)F)cc1. The molecule has 164 valence electrons. The van der Waals surface area contributed by atoms with Crippen LogP contribution in [-0.4, -0.2) is 48.1 Å². The number of alkyl halides is 3. The molecule has 1 amide bonds. The predicted molar refractivity (Wildman–Crippen MR) is 105 cm³/mol. The molecule has 0 N–H and O–H groups in total. The number of rotatable bonds is 10. The molecule has 1 heterocycles. The average Bonchev–Trinajstić information content (AvgIpc) is 3.18. The lowest BCUT2D eigenvalue weighted by molar-refractivity contribution is -0.137. The molecule has 1 aromatic carbocycles. The Balaban J connectivity index is 2.15. The minimum absolute atomic E-state index is 0.121. The van der Waals surface area contributed by atoms with Crippen molar-refractivity contribution in [2.75, 3.05) is 26.4 Å². The van der Waals surface area contributed by atoms with Crippen LogP contribution in [0, 0.1) is 0 Å². The van der Waals surface area contributed by atoms with Crippen LogP contribution in [0.3, 0.4) is 0 Å². The highest BCUT2D eigenvalue weighted by Crippen LogP contribution is 2.29. The Hall–Kier alpha value is -2.46.